The van der Waals surface area contributed by atoms with Crippen LogP contribution in [0.15, 0.2) is 36.8 Å². The van der Waals surface area contributed by atoms with E-state index >= 15 is 0 Å². The summed E-state index contributed by atoms with van der Waals surface area (Å²) in [5, 5.41) is 0.558. The Kier molecular flexibility index (Phi) is 3.81. The van der Waals surface area contributed by atoms with Gasteiger partial charge in [-0.25, -0.2) is 9.97 Å². The monoisotopic (exact) mass is 317 g/mol. The van der Waals surface area contributed by atoms with Crippen LogP contribution in [0.3, 0.4) is 0 Å². The number of hydrogen-bond donors (Lipinski definition) is 1. The molecule has 7 heteroatoms. The van der Waals surface area contributed by atoms with Gasteiger partial charge in [-0.15, -0.1) is 0 Å². The van der Waals surface area contributed by atoms with E-state index in [0.29, 0.717) is 23.0 Å². The number of thiocarbonyl (C=S) groups is 1. The van der Waals surface area contributed by atoms with Crippen molar-refractivity contribution in [1.82, 2.24) is 19.5 Å². The van der Waals surface area contributed by atoms with Gasteiger partial charge in [0.15, 0.2) is 5.65 Å². The van der Waals surface area contributed by atoms with E-state index in [1.54, 1.807) is 24.7 Å². The summed E-state index contributed by atoms with van der Waals surface area (Å²) >= 11 is 11.0. The van der Waals surface area contributed by atoms with Crippen molar-refractivity contribution < 1.29 is 0 Å². The number of rotatable bonds is 4. The molecule has 0 saturated heterocycles. The molecule has 0 atom stereocenters. The Balaban J connectivity index is 2.17. The van der Waals surface area contributed by atoms with E-state index in [9.17, 15) is 0 Å². The van der Waals surface area contributed by atoms with E-state index in [1.807, 2.05) is 16.7 Å². The predicted molar refractivity (Wildman–Crippen MR) is 87.2 cm³/mol. The van der Waals surface area contributed by atoms with Gasteiger partial charge in [-0.2, -0.15) is 0 Å². The van der Waals surface area contributed by atoms with E-state index in [1.165, 1.54) is 0 Å². The van der Waals surface area contributed by atoms with Crippen LogP contribution in [0, 0.1) is 0 Å². The van der Waals surface area contributed by atoms with Gasteiger partial charge in [0, 0.05) is 37.1 Å². The molecule has 0 aliphatic rings. The van der Waals surface area contributed by atoms with Gasteiger partial charge in [0.25, 0.3) is 0 Å². The van der Waals surface area contributed by atoms with Crippen LogP contribution in [0.5, 0.6) is 0 Å². The van der Waals surface area contributed by atoms with Gasteiger partial charge >= 0.3 is 0 Å². The third-order valence-corrected chi connectivity index (χ3v) is 3.48. The number of pyridine rings is 2. The summed E-state index contributed by atoms with van der Waals surface area (Å²) in [4.78, 5) is 13.5. The minimum absolute atomic E-state index is 0.464. The number of aromatic nitrogens is 4. The molecular formula is C14H12ClN5S. The first-order valence-corrected chi connectivity index (χ1v) is 7.14. The molecule has 2 N–H and O–H groups in total. The Hall–Kier alpha value is -2.05. The Bertz CT molecular complexity index is 800. The maximum absolute atomic E-state index is 5.99. The molecule has 0 aliphatic carbocycles. The molecule has 3 rings (SSSR count). The maximum Gasteiger partial charge on any atom is 0.160 e. The minimum atomic E-state index is 0.464. The van der Waals surface area contributed by atoms with Crippen molar-refractivity contribution in [1.29, 1.82) is 0 Å². The largest absolute Gasteiger partial charge is 0.393 e. The van der Waals surface area contributed by atoms with Gasteiger partial charge in [-0.1, -0.05) is 23.8 Å². The molecule has 0 amide bonds. The van der Waals surface area contributed by atoms with Crippen molar-refractivity contribution in [2.75, 3.05) is 0 Å². The molecule has 0 spiro atoms. The number of imidazole rings is 1. The van der Waals surface area contributed by atoms with E-state index in [4.69, 9.17) is 29.6 Å². The highest BCUT2D eigenvalue weighted by Gasteiger charge is 2.14. The molecule has 0 aromatic carbocycles. The van der Waals surface area contributed by atoms with Crippen LogP contribution in [0.4, 0.5) is 0 Å². The quantitative estimate of drug-likeness (QED) is 0.749. The summed E-state index contributed by atoms with van der Waals surface area (Å²) in [6.07, 6.45) is 5.66. The van der Waals surface area contributed by atoms with Crippen molar-refractivity contribution in [3.8, 4) is 11.4 Å². The highest BCUT2D eigenvalue weighted by molar-refractivity contribution is 7.80. The molecule has 0 radical (unpaired) electrons. The molecule has 21 heavy (non-hydrogen) atoms. The average molecular weight is 318 g/mol. The van der Waals surface area contributed by atoms with E-state index < -0.39 is 0 Å². The number of fused-ring (bicyclic) bond motifs is 1. The lowest BCUT2D eigenvalue weighted by molar-refractivity contribution is 0.749. The second-order valence-electron chi connectivity index (χ2n) is 4.54. The standard InChI is InChI=1S/C14H12ClN5S/c15-10-7-11-14(18-8-10)20(6-3-12(16)21)13(19-11)9-1-4-17-5-2-9/h1-2,4-5,7-8H,3,6H2,(H2,16,21). The van der Waals surface area contributed by atoms with Crippen molar-refractivity contribution in [3.63, 3.8) is 0 Å². The molecule has 0 fully saturated rings. The summed E-state index contributed by atoms with van der Waals surface area (Å²) < 4.78 is 2.00. The third kappa shape index (κ3) is 2.86. The van der Waals surface area contributed by atoms with Gasteiger partial charge in [0.05, 0.1) is 10.0 Å². The summed E-state index contributed by atoms with van der Waals surface area (Å²) in [5.74, 6) is 0.804. The van der Waals surface area contributed by atoms with Gasteiger partial charge in [-0.3, -0.25) is 4.98 Å². The lowest BCUT2D eigenvalue weighted by atomic mass is 10.2. The van der Waals surface area contributed by atoms with Crippen LogP contribution in [-0.2, 0) is 6.54 Å². The molecule has 0 bridgehead atoms. The number of aryl methyl sites for hydroxylation is 1. The molecule has 0 aliphatic heterocycles. The Morgan fingerprint density at radius 1 is 1.33 bits per heavy atom. The normalized spacial score (nSPS) is 10.9. The van der Waals surface area contributed by atoms with Crippen molar-refractivity contribution in [2.45, 2.75) is 13.0 Å². The third-order valence-electron chi connectivity index (χ3n) is 3.07. The van der Waals surface area contributed by atoms with E-state index in [2.05, 4.69) is 15.0 Å². The maximum atomic E-state index is 5.99. The second kappa shape index (κ2) is 5.75. The summed E-state index contributed by atoms with van der Waals surface area (Å²) in [7, 11) is 0. The molecule has 3 heterocycles. The Morgan fingerprint density at radius 2 is 2.10 bits per heavy atom. The number of nitrogens with zero attached hydrogens (tertiary/aromatic N) is 4. The molecule has 5 nitrogen and oxygen atoms in total. The SMILES string of the molecule is NC(=S)CCn1c(-c2ccncc2)nc2cc(Cl)cnc21. The van der Waals surface area contributed by atoms with Gasteiger partial charge < -0.3 is 10.3 Å². The first-order chi connectivity index (χ1) is 10.1. The molecular weight excluding hydrogens is 306 g/mol. The second-order valence-corrected chi connectivity index (χ2v) is 5.50. The summed E-state index contributed by atoms with van der Waals surface area (Å²) in [5.41, 5.74) is 8.09. The van der Waals surface area contributed by atoms with E-state index in [0.717, 1.165) is 22.6 Å². The van der Waals surface area contributed by atoms with Gasteiger partial charge in [0.1, 0.15) is 11.3 Å². The Morgan fingerprint density at radius 3 is 2.81 bits per heavy atom. The van der Waals surface area contributed by atoms with Crippen molar-refractivity contribution >= 4 is 40.0 Å². The zero-order valence-electron chi connectivity index (χ0n) is 11.0. The number of nitrogens with two attached hydrogens (primary N) is 1. The van der Waals surface area contributed by atoms with Crippen LogP contribution in [0.1, 0.15) is 6.42 Å². The lowest BCUT2D eigenvalue weighted by Gasteiger charge is -2.07. The highest BCUT2D eigenvalue weighted by Crippen LogP contribution is 2.25. The first-order valence-electron chi connectivity index (χ1n) is 6.35. The fourth-order valence-electron chi connectivity index (χ4n) is 2.14. The fourth-order valence-corrected chi connectivity index (χ4v) is 2.38. The molecule has 106 valence electrons. The topological polar surface area (TPSA) is 69.6 Å². The van der Waals surface area contributed by atoms with E-state index in [-0.39, 0.29) is 0 Å². The van der Waals surface area contributed by atoms with Crippen molar-refractivity contribution in [2.24, 2.45) is 5.73 Å². The number of halogens is 1. The average Bonchev–Trinajstić information content (AvgIpc) is 2.83. The number of hydrogen-bond acceptors (Lipinski definition) is 4. The minimum Gasteiger partial charge on any atom is -0.393 e. The van der Waals surface area contributed by atoms with Crippen LogP contribution in [0.25, 0.3) is 22.6 Å². The predicted octanol–water partition coefficient (Wildman–Crippen LogP) is 2.82. The zero-order valence-corrected chi connectivity index (χ0v) is 12.6. The van der Waals surface area contributed by atoms with Crippen LogP contribution >= 0.6 is 23.8 Å². The smallest absolute Gasteiger partial charge is 0.160 e. The zero-order chi connectivity index (χ0) is 14.8. The van der Waals surface area contributed by atoms with Crippen LogP contribution < -0.4 is 5.73 Å². The summed E-state index contributed by atoms with van der Waals surface area (Å²) in [6.45, 7) is 0.623. The molecule has 0 unspecified atom stereocenters. The van der Waals surface area contributed by atoms with Crippen molar-refractivity contribution in [3.05, 3.63) is 41.8 Å². The highest BCUT2D eigenvalue weighted by atomic mass is 35.5. The fraction of sp³-hybridized carbons (Fsp3) is 0.143. The Labute approximate surface area is 131 Å². The van der Waals surface area contributed by atoms with Crippen LogP contribution in [-0.4, -0.2) is 24.5 Å². The first kappa shape index (κ1) is 13.9. The molecule has 3 aromatic heterocycles. The van der Waals surface area contributed by atoms with Crippen LogP contribution in [0.2, 0.25) is 5.02 Å². The summed E-state index contributed by atoms with van der Waals surface area (Å²) in [6, 6.07) is 5.60. The van der Waals surface area contributed by atoms with Gasteiger partial charge in [-0.05, 0) is 18.2 Å². The molecule has 0 saturated carbocycles. The lowest BCUT2D eigenvalue weighted by Crippen LogP contribution is -2.12. The molecule has 3 aromatic rings. The van der Waals surface area contributed by atoms with Gasteiger partial charge in [0.2, 0.25) is 0 Å².